The van der Waals surface area contributed by atoms with Crippen LogP contribution >= 0.6 is 0 Å². The summed E-state index contributed by atoms with van der Waals surface area (Å²) in [4.78, 5) is 22.4. The summed E-state index contributed by atoms with van der Waals surface area (Å²) in [7, 11) is 0. The van der Waals surface area contributed by atoms with Crippen LogP contribution in [0.5, 0.6) is 0 Å². The second-order valence-electron chi connectivity index (χ2n) is 4.02. The van der Waals surface area contributed by atoms with Gasteiger partial charge in [0.15, 0.2) is 5.71 Å². The highest BCUT2D eigenvalue weighted by Gasteiger charge is 2.29. The van der Waals surface area contributed by atoms with E-state index in [0.717, 1.165) is 16.1 Å². The SMILES string of the molecule is Cc1ccc(N2N=C(C(=O)O)CC2=O)c(C)c1. The van der Waals surface area contributed by atoms with Crippen molar-refractivity contribution in [3.05, 3.63) is 29.3 Å². The van der Waals surface area contributed by atoms with E-state index in [1.165, 1.54) is 0 Å². The van der Waals surface area contributed by atoms with Crippen molar-refractivity contribution in [3.63, 3.8) is 0 Å². The molecule has 1 aliphatic heterocycles. The number of anilines is 1. The maximum Gasteiger partial charge on any atom is 0.352 e. The molecule has 1 N–H and O–H groups in total. The van der Waals surface area contributed by atoms with Crippen LogP contribution in [0.3, 0.4) is 0 Å². The molecule has 5 nitrogen and oxygen atoms in total. The molecule has 17 heavy (non-hydrogen) atoms. The van der Waals surface area contributed by atoms with Gasteiger partial charge in [0.25, 0.3) is 5.91 Å². The van der Waals surface area contributed by atoms with Gasteiger partial charge < -0.3 is 5.11 Å². The molecule has 1 amide bonds. The number of carboxylic acids is 1. The number of amides is 1. The molecule has 5 heteroatoms. The first-order valence-electron chi connectivity index (χ1n) is 5.20. The van der Waals surface area contributed by atoms with Gasteiger partial charge in [-0.3, -0.25) is 4.79 Å². The Balaban J connectivity index is 2.40. The van der Waals surface area contributed by atoms with Gasteiger partial charge in [-0.2, -0.15) is 10.1 Å². The lowest BCUT2D eigenvalue weighted by molar-refractivity contribution is -0.129. The summed E-state index contributed by atoms with van der Waals surface area (Å²) < 4.78 is 0. The maximum absolute atomic E-state index is 11.7. The Hall–Kier alpha value is -2.17. The number of hydrogen-bond donors (Lipinski definition) is 1. The fraction of sp³-hybridized carbons (Fsp3) is 0.250. The maximum atomic E-state index is 11.7. The minimum atomic E-state index is -1.15. The number of hydrogen-bond acceptors (Lipinski definition) is 3. The number of rotatable bonds is 2. The largest absolute Gasteiger partial charge is 0.477 e. The smallest absolute Gasteiger partial charge is 0.352 e. The quantitative estimate of drug-likeness (QED) is 0.839. The number of aryl methyl sites for hydroxylation is 2. The zero-order valence-corrected chi connectivity index (χ0v) is 9.60. The summed E-state index contributed by atoms with van der Waals surface area (Å²) in [5, 5.41) is 13.8. The van der Waals surface area contributed by atoms with E-state index in [0.29, 0.717) is 5.69 Å². The van der Waals surface area contributed by atoms with E-state index in [2.05, 4.69) is 5.10 Å². The molecule has 0 bridgehead atoms. The third kappa shape index (κ3) is 2.04. The molecule has 1 aromatic rings. The highest BCUT2D eigenvalue weighted by atomic mass is 16.4. The predicted molar refractivity (Wildman–Crippen MR) is 63.1 cm³/mol. The number of nitrogens with zero attached hydrogens (tertiary/aromatic N) is 2. The van der Waals surface area contributed by atoms with Crippen molar-refractivity contribution in [1.82, 2.24) is 0 Å². The van der Waals surface area contributed by atoms with Crippen LogP contribution in [0.1, 0.15) is 17.5 Å². The van der Waals surface area contributed by atoms with E-state index in [4.69, 9.17) is 5.11 Å². The first-order chi connectivity index (χ1) is 7.99. The van der Waals surface area contributed by atoms with Crippen LogP contribution in [0.25, 0.3) is 0 Å². The molecule has 0 saturated heterocycles. The fourth-order valence-electron chi connectivity index (χ4n) is 1.78. The summed E-state index contributed by atoms with van der Waals surface area (Å²) in [6, 6.07) is 5.57. The Morgan fingerprint density at radius 3 is 2.65 bits per heavy atom. The monoisotopic (exact) mass is 232 g/mol. The van der Waals surface area contributed by atoms with Gasteiger partial charge in [-0.05, 0) is 25.5 Å². The van der Waals surface area contributed by atoms with Gasteiger partial charge in [-0.1, -0.05) is 17.7 Å². The zero-order chi connectivity index (χ0) is 12.6. The lowest BCUT2D eigenvalue weighted by Crippen LogP contribution is -2.20. The lowest BCUT2D eigenvalue weighted by Gasteiger charge is -2.14. The fourth-order valence-corrected chi connectivity index (χ4v) is 1.78. The van der Waals surface area contributed by atoms with E-state index < -0.39 is 5.97 Å². The summed E-state index contributed by atoms with van der Waals surface area (Å²) in [6.07, 6.45) is -0.150. The van der Waals surface area contributed by atoms with E-state index in [1.807, 2.05) is 26.0 Å². The van der Waals surface area contributed by atoms with E-state index in [9.17, 15) is 9.59 Å². The predicted octanol–water partition coefficient (Wildman–Crippen LogP) is 1.48. The molecule has 0 aliphatic carbocycles. The molecular formula is C12H12N2O3. The zero-order valence-electron chi connectivity index (χ0n) is 9.60. The topological polar surface area (TPSA) is 70.0 Å². The van der Waals surface area contributed by atoms with Crippen LogP contribution < -0.4 is 5.01 Å². The van der Waals surface area contributed by atoms with E-state index in [1.54, 1.807) is 6.07 Å². The number of hydrazone groups is 1. The first kappa shape index (κ1) is 11.3. The Morgan fingerprint density at radius 1 is 1.41 bits per heavy atom. The van der Waals surface area contributed by atoms with Crippen molar-refractivity contribution < 1.29 is 14.7 Å². The van der Waals surface area contributed by atoms with Crippen LogP contribution in [0, 0.1) is 13.8 Å². The summed E-state index contributed by atoms with van der Waals surface area (Å²) >= 11 is 0. The molecule has 2 rings (SSSR count). The molecule has 0 radical (unpaired) electrons. The van der Waals surface area contributed by atoms with Gasteiger partial charge in [0.2, 0.25) is 0 Å². The van der Waals surface area contributed by atoms with Crippen molar-refractivity contribution in [2.24, 2.45) is 5.10 Å². The Kier molecular flexibility index (Phi) is 2.67. The summed E-state index contributed by atoms with van der Waals surface area (Å²) in [6.45, 7) is 3.82. The van der Waals surface area contributed by atoms with Crippen molar-refractivity contribution >= 4 is 23.3 Å². The van der Waals surface area contributed by atoms with Crippen LogP contribution in [-0.2, 0) is 9.59 Å². The molecule has 1 aromatic carbocycles. The number of benzene rings is 1. The van der Waals surface area contributed by atoms with Gasteiger partial charge >= 0.3 is 5.97 Å². The highest BCUT2D eigenvalue weighted by molar-refractivity contribution is 6.42. The molecule has 88 valence electrons. The van der Waals surface area contributed by atoms with Crippen molar-refractivity contribution in [3.8, 4) is 0 Å². The normalized spacial score (nSPS) is 15.1. The molecule has 1 aliphatic rings. The molecular weight excluding hydrogens is 220 g/mol. The highest BCUT2D eigenvalue weighted by Crippen LogP contribution is 2.25. The van der Waals surface area contributed by atoms with E-state index >= 15 is 0 Å². The van der Waals surface area contributed by atoms with Gasteiger partial charge in [0.1, 0.15) is 0 Å². The molecule has 0 unspecified atom stereocenters. The average molecular weight is 232 g/mol. The second kappa shape index (κ2) is 4.01. The van der Waals surface area contributed by atoms with Crippen molar-refractivity contribution in [2.75, 3.05) is 5.01 Å². The third-order valence-electron chi connectivity index (χ3n) is 2.60. The second-order valence-corrected chi connectivity index (χ2v) is 4.02. The number of carboxylic acid groups (broad SMARTS) is 1. The molecule has 0 aromatic heterocycles. The molecule has 0 spiro atoms. The Morgan fingerprint density at radius 2 is 2.12 bits per heavy atom. The van der Waals surface area contributed by atoms with E-state index in [-0.39, 0.29) is 18.0 Å². The molecule has 0 saturated carbocycles. The Labute approximate surface area is 98.4 Å². The van der Waals surface area contributed by atoms with Crippen LogP contribution in [0.2, 0.25) is 0 Å². The minimum absolute atomic E-state index is 0.116. The van der Waals surface area contributed by atoms with Crippen LogP contribution in [0.15, 0.2) is 23.3 Å². The summed E-state index contributed by atoms with van der Waals surface area (Å²) in [5.41, 5.74) is 2.50. The first-order valence-corrected chi connectivity index (χ1v) is 5.20. The number of aliphatic carboxylic acids is 1. The van der Waals surface area contributed by atoms with Crippen LogP contribution in [0.4, 0.5) is 5.69 Å². The van der Waals surface area contributed by atoms with Gasteiger partial charge in [-0.25, -0.2) is 4.79 Å². The molecule has 0 fully saturated rings. The summed E-state index contributed by atoms with van der Waals surface area (Å²) in [5.74, 6) is -1.46. The average Bonchev–Trinajstić information content (AvgIpc) is 2.61. The minimum Gasteiger partial charge on any atom is -0.477 e. The van der Waals surface area contributed by atoms with Crippen LogP contribution in [-0.4, -0.2) is 22.7 Å². The molecule has 0 atom stereocenters. The lowest BCUT2D eigenvalue weighted by atomic mass is 10.1. The van der Waals surface area contributed by atoms with Gasteiger partial charge in [0.05, 0.1) is 12.1 Å². The van der Waals surface area contributed by atoms with Crippen molar-refractivity contribution in [1.29, 1.82) is 0 Å². The molecule has 1 heterocycles. The Bertz CT molecular complexity index is 535. The van der Waals surface area contributed by atoms with Gasteiger partial charge in [-0.15, -0.1) is 0 Å². The standard InChI is InChI=1S/C12H12N2O3/c1-7-3-4-10(8(2)5-7)14-11(15)6-9(13-14)12(16)17/h3-5H,6H2,1-2H3,(H,16,17). The number of carbonyl (C=O) groups excluding carboxylic acids is 1. The van der Waals surface area contributed by atoms with Crippen molar-refractivity contribution in [2.45, 2.75) is 20.3 Å². The third-order valence-corrected chi connectivity index (χ3v) is 2.60. The number of carbonyl (C=O) groups is 2. The van der Waals surface area contributed by atoms with Gasteiger partial charge in [0, 0.05) is 0 Å².